The molecule has 1 fully saturated rings. The molecule has 20 heavy (non-hydrogen) atoms. The summed E-state index contributed by atoms with van der Waals surface area (Å²) in [5.41, 5.74) is 0.704. The Balaban J connectivity index is 1.89. The second-order valence-electron chi connectivity index (χ2n) is 4.59. The first-order valence-corrected chi connectivity index (χ1v) is 6.37. The summed E-state index contributed by atoms with van der Waals surface area (Å²) in [4.78, 5) is 33.0. The lowest BCUT2D eigenvalue weighted by Gasteiger charge is -2.21. The van der Waals surface area contributed by atoms with Crippen LogP contribution >= 0.6 is 0 Å². The van der Waals surface area contributed by atoms with E-state index in [0.29, 0.717) is 31.4 Å². The Labute approximate surface area is 115 Å². The lowest BCUT2D eigenvalue weighted by Crippen LogP contribution is -2.51. The van der Waals surface area contributed by atoms with Gasteiger partial charge in [-0.15, -0.1) is 0 Å². The molecule has 106 valence electrons. The number of hydrogen-bond acceptors (Lipinski definition) is 5. The van der Waals surface area contributed by atoms with E-state index in [1.165, 1.54) is 6.07 Å². The highest BCUT2D eigenvalue weighted by atomic mass is 16.6. The minimum Gasteiger partial charge on any atom is -0.306 e. The first-order chi connectivity index (χ1) is 9.58. The van der Waals surface area contributed by atoms with Gasteiger partial charge in [0.05, 0.1) is 11.0 Å². The molecule has 0 aliphatic carbocycles. The fourth-order valence-electron chi connectivity index (χ4n) is 2.17. The van der Waals surface area contributed by atoms with E-state index in [1.807, 2.05) is 0 Å². The van der Waals surface area contributed by atoms with Crippen LogP contribution in [0.25, 0.3) is 0 Å². The number of amides is 2. The number of nitrogens with one attached hydrogen (secondary N) is 2. The molecule has 1 unspecified atom stereocenters. The molecular weight excluding hydrogens is 262 g/mol. The van der Waals surface area contributed by atoms with Gasteiger partial charge < -0.3 is 5.32 Å². The quantitative estimate of drug-likeness (QED) is 0.464. The molecule has 1 atom stereocenters. The Bertz CT molecular complexity index is 544. The number of nitro benzene ring substituents is 1. The van der Waals surface area contributed by atoms with Gasteiger partial charge in [0, 0.05) is 24.6 Å². The molecule has 2 rings (SSSR count). The normalized spacial score (nSPS) is 18.7. The molecule has 1 aromatic rings. The molecule has 0 radical (unpaired) electrons. The van der Waals surface area contributed by atoms with E-state index in [2.05, 4.69) is 10.6 Å². The van der Waals surface area contributed by atoms with Crippen molar-refractivity contribution in [2.45, 2.75) is 25.3 Å². The third-order valence-electron chi connectivity index (χ3n) is 3.21. The van der Waals surface area contributed by atoms with Crippen LogP contribution in [-0.4, -0.2) is 29.3 Å². The summed E-state index contributed by atoms with van der Waals surface area (Å²) in [6.07, 6.45) is 1.23. The maximum atomic E-state index is 11.5. The number of hydrogen-bond donors (Lipinski definition) is 2. The van der Waals surface area contributed by atoms with Gasteiger partial charge in [-0.2, -0.15) is 0 Å². The molecule has 7 nitrogen and oxygen atoms in total. The van der Waals surface area contributed by atoms with Crippen molar-refractivity contribution in [3.8, 4) is 0 Å². The summed E-state index contributed by atoms with van der Waals surface area (Å²) in [7, 11) is 0. The number of imide groups is 1. The van der Waals surface area contributed by atoms with E-state index >= 15 is 0 Å². The molecule has 0 bridgehead atoms. The van der Waals surface area contributed by atoms with Crippen LogP contribution in [0.3, 0.4) is 0 Å². The van der Waals surface area contributed by atoms with Crippen LogP contribution in [0.5, 0.6) is 0 Å². The van der Waals surface area contributed by atoms with E-state index < -0.39 is 11.0 Å². The predicted molar refractivity (Wildman–Crippen MR) is 71.0 cm³/mol. The molecule has 1 aromatic carbocycles. The molecular formula is C13H15N3O4. The highest BCUT2D eigenvalue weighted by Crippen LogP contribution is 2.17. The van der Waals surface area contributed by atoms with Gasteiger partial charge in [0.1, 0.15) is 0 Å². The van der Waals surface area contributed by atoms with Gasteiger partial charge in [0.2, 0.25) is 11.8 Å². The molecule has 0 aromatic heterocycles. The molecule has 2 amide bonds. The van der Waals surface area contributed by atoms with Crippen LogP contribution < -0.4 is 10.6 Å². The number of nitrogens with zero attached hydrogens (tertiary/aromatic N) is 1. The Kier molecular flexibility index (Phi) is 4.41. The van der Waals surface area contributed by atoms with Gasteiger partial charge in [-0.05, 0) is 12.8 Å². The summed E-state index contributed by atoms with van der Waals surface area (Å²) in [5.74, 6) is -0.587. The molecule has 7 heteroatoms. The van der Waals surface area contributed by atoms with Crippen molar-refractivity contribution in [2.75, 3.05) is 6.54 Å². The van der Waals surface area contributed by atoms with Gasteiger partial charge in [0.15, 0.2) is 0 Å². The maximum Gasteiger partial charge on any atom is 0.272 e. The molecule has 0 spiro atoms. The number of para-hydroxylation sites is 1. The molecule has 1 heterocycles. The van der Waals surface area contributed by atoms with Crippen LogP contribution in [0.15, 0.2) is 24.3 Å². The zero-order valence-electron chi connectivity index (χ0n) is 10.8. The Morgan fingerprint density at radius 3 is 2.80 bits per heavy atom. The van der Waals surface area contributed by atoms with E-state index in [0.717, 1.165) is 0 Å². The van der Waals surface area contributed by atoms with E-state index in [1.54, 1.807) is 18.2 Å². The predicted octanol–water partition coefficient (Wildman–Crippen LogP) is 0.532. The fourth-order valence-corrected chi connectivity index (χ4v) is 2.17. The van der Waals surface area contributed by atoms with E-state index in [-0.39, 0.29) is 17.5 Å². The summed E-state index contributed by atoms with van der Waals surface area (Å²) < 4.78 is 0. The van der Waals surface area contributed by atoms with Crippen molar-refractivity contribution in [2.24, 2.45) is 0 Å². The number of piperidine rings is 1. The van der Waals surface area contributed by atoms with Gasteiger partial charge in [-0.3, -0.25) is 25.0 Å². The third-order valence-corrected chi connectivity index (χ3v) is 3.21. The summed E-state index contributed by atoms with van der Waals surface area (Å²) >= 11 is 0. The van der Waals surface area contributed by atoms with Crippen molar-refractivity contribution in [1.82, 2.24) is 10.6 Å². The van der Waals surface area contributed by atoms with E-state index in [9.17, 15) is 19.7 Å². The van der Waals surface area contributed by atoms with Crippen molar-refractivity contribution in [3.63, 3.8) is 0 Å². The second kappa shape index (κ2) is 6.25. The first kappa shape index (κ1) is 14.1. The molecule has 1 saturated heterocycles. The van der Waals surface area contributed by atoms with E-state index in [4.69, 9.17) is 0 Å². The van der Waals surface area contributed by atoms with Gasteiger partial charge in [-0.1, -0.05) is 18.2 Å². The van der Waals surface area contributed by atoms with Crippen molar-refractivity contribution in [3.05, 3.63) is 39.9 Å². The largest absolute Gasteiger partial charge is 0.306 e. The fraction of sp³-hybridized carbons (Fsp3) is 0.385. The van der Waals surface area contributed by atoms with Crippen LogP contribution in [0.2, 0.25) is 0 Å². The van der Waals surface area contributed by atoms with Crippen molar-refractivity contribution < 1.29 is 14.5 Å². The smallest absolute Gasteiger partial charge is 0.272 e. The molecule has 0 saturated carbocycles. The highest BCUT2D eigenvalue weighted by Gasteiger charge is 2.25. The lowest BCUT2D eigenvalue weighted by atomic mass is 10.1. The summed E-state index contributed by atoms with van der Waals surface area (Å²) in [6, 6.07) is 6.12. The number of benzene rings is 1. The molecule has 1 aliphatic heterocycles. The molecule has 2 N–H and O–H groups in total. The number of rotatable bonds is 5. The van der Waals surface area contributed by atoms with Crippen LogP contribution in [0.1, 0.15) is 18.4 Å². The second-order valence-corrected chi connectivity index (χ2v) is 4.59. The summed E-state index contributed by atoms with van der Waals surface area (Å²) in [5, 5.41) is 16.1. The Morgan fingerprint density at radius 2 is 2.10 bits per heavy atom. The highest BCUT2D eigenvalue weighted by molar-refractivity contribution is 6.00. The Hall–Kier alpha value is -2.28. The third kappa shape index (κ3) is 3.39. The number of nitro groups is 1. The average molecular weight is 277 g/mol. The van der Waals surface area contributed by atoms with Crippen molar-refractivity contribution >= 4 is 17.5 Å². The Morgan fingerprint density at radius 1 is 1.35 bits per heavy atom. The van der Waals surface area contributed by atoms with Crippen LogP contribution in [-0.2, 0) is 16.0 Å². The van der Waals surface area contributed by atoms with Crippen LogP contribution in [0.4, 0.5) is 5.69 Å². The van der Waals surface area contributed by atoms with Gasteiger partial charge in [0.25, 0.3) is 5.69 Å². The monoisotopic (exact) mass is 277 g/mol. The zero-order chi connectivity index (χ0) is 14.5. The number of carbonyl (C=O) groups excluding carboxylic acids is 2. The average Bonchev–Trinajstić information content (AvgIpc) is 2.41. The minimum atomic E-state index is -0.415. The van der Waals surface area contributed by atoms with Crippen molar-refractivity contribution in [1.29, 1.82) is 0 Å². The molecule has 1 aliphatic rings. The topological polar surface area (TPSA) is 101 Å². The van der Waals surface area contributed by atoms with Gasteiger partial charge in [-0.25, -0.2) is 0 Å². The maximum absolute atomic E-state index is 11.5. The number of carbonyl (C=O) groups is 2. The first-order valence-electron chi connectivity index (χ1n) is 6.37. The lowest BCUT2D eigenvalue weighted by molar-refractivity contribution is -0.385. The zero-order valence-corrected chi connectivity index (χ0v) is 10.8. The summed E-state index contributed by atoms with van der Waals surface area (Å²) in [6.45, 7) is 0.442. The van der Waals surface area contributed by atoms with Gasteiger partial charge >= 0.3 is 0 Å². The SMILES string of the molecule is O=C1CCC(NCCc2ccccc2[N+](=O)[O-])C(=O)N1. The minimum absolute atomic E-state index is 0.0811. The standard InChI is InChI=1S/C13H15N3O4/c17-12-6-5-10(13(18)15-12)14-8-7-9-3-1-2-4-11(9)16(19)20/h1-4,10,14H,5-8H2,(H,15,17,18). The van der Waals surface area contributed by atoms with Crippen LogP contribution in [0, 0.1) is 10.1 Å².